The van der Waals surface area contributed by atoms with Crippen molar-refractivity contribution in [3.8, 4) is 0 Å². The molecule has 128 valence electrons. The van der Waals surface area contributed by atoms with Gasteiger partial charge in [-0.3, -0.25) is 4.79 Å². The lowest BCUT2D eigenvalue weighted by molar-refractivity contribution is -0.120. The fourth-order valence-corrected chi connectivity index (χ4v) is 3.77. The van der Waals surface area contributed by atoms with E-state index in [4.69, 9.17) is 4.98 Å². The molecule has 1 unspecified atom stereocenters. The molecule has 0 bridgehead atoms. The Balaban J connectivity index is 1.60. The summed E-state index contributed by atoms with van der Waals surface area (Å²) < 4.78 is 2.16. The Labute approximate surface area is 147 Å². The van der Waals surface area contributed by atoms with E-state index in [0.717, 1.165) is 47.4 Å². The second-order valence-corrected chi connectivity index (χ2v) is 7.14. The molecule has 1 aliphatic rings. The van der Waals surface area contributed by atoms with Crippen molar-refractivity contribution in [2.45, 2.75) is 40.0 Å². The molecule has 2 aromatic heterocycles. The predicted octanol–water partition coefficient (Wildman–Crippen LogP) is 4.00. The molecule has 1 N–H and O–H groups in total. The highest BCUT2D eigenvalue weighted by atomic mass is 16.1. The molecule has 0 saturated carbocycles. The van der Waals surface area contributed by atoms with Crippen LogP contribution in [0.4, 0.5) is 5.69 Å². The van der Waals surface area contributed by atoms with Crippen LogP contribution in [0.5, 0.6) is 0 Å². The van der Waals surface area contributed by atoms with Gasteiger partial charge < -0.3 is 9.72 Å². The fraction of sp³-hybridized carbons (Fsp3) is 0.333. The van der Waals surface area contributed by atoms with E-state index in [-0.39, 0.29) is 11.8 Å². The lowest BCUT2D eigenvalue weighted by atomic mass is 9.89. The molecule has 1 atom stereocenters. The normalized spacial score (nSPS) is 16.7. The lowest BCUT2D eigenvalue weighted by Crippen LogP contribution is -2.29. The van der Waals surface area contributed by atoms with Gasteiger partial charge in [0.25, 0.3) is 0 Å². The second kappa shape index (κ2) is 6.03. The largest absolute Gasteiger partial charge is 0.325 e. The first-order chi connectivity index (χ1) is 12.0. The summed E-state index contributed by atoms with van der Waals surface area (Å²) in [6.45, 7) is 6.16. The van der Waals surface area contributed by atoms with Crippen LogP contribution in [0.1, 0.15) is 34.5 Å². The Kier molecular flexibility index (Phi) is 3.83. The van der Waals surface area contributed by atoms with Crippen LogP contribution in [-0.2, 0) is 17.6 Å². The monoisotopic (exact) mass is 333 g/mol. The van der Waals surface area contributed by atoms with E-state index in [0.29, 0.717) is 0 Å². The number of nitrogens with zero attached hydrogens (tertiary/aromatic N) is 2. The fourth-order valence-electron chi connectivity index (χ4n) is 3.77. The molecule has 0 saturated heterocycles. The average molecular weight is 333 g/mol. The van der Waals surface area contributed by atoms with E-state index < -0.39 is 0 Å². The maximum Gasteiger partial charge on any atom is 0.227 e. The zero-order valence-corrected chi connectivity index (χ0v) is 15.0. The third-order valence-corrected chi connectivity index (χ3v) is 5.22. The molecule has 4 nitrogen and oxygen atoms in total. The van der Waals surface area contributed by atoms with Crippen molar-refractivity contribution < 1.29 is 4.79 Å². The zero-order chi connectivity index (χ0) is 17.6. The van der Waals surface area contributed by atoms with Gasteiger partial charge >= 0.3 is 0 Å². The van der Waals surface area contributed by atoms with Crippen LogP contribution >= 0.6 is 0 Å². The Morgan fingerprint density at radius 2 is 1.92 bits per heavy atom. The van der Waals surface area contributed by atoms with Gasteiger partial charge in [-0.05, 0) is 56.4 Å². The molecule has 0 spiro atoms. The summed E-state index contributed by atoms with van der Waals surface area (Å²) in [4.78, 5) is 17.6. The van der Waals surface area contributed by atoms with Crippen LogP contribution in [0.2, 0.25) is 0 Å². The summed E-state index contributed by atoms with van der Waals surface area (Å²) in [7, 11) is 0. The number of imidazole rings is 1. The lowest BCUT2D eigenvalue weighted by Gasteiger charge is -2.22. The van der Waals surface area contributed by atoms with Gasteiger partial charge in [0.1, 0.15) is 5.65 Å². The number of aryl methyl sites for hydroxylation is 4. The summed E-state index contributed by atoms with van der Waals surface area (Å²) in [6.07, 6.45) is 4.58. The Morgan fingerprint density at radius 1 is 1.16 bits per heavy atom. The van der Waals surface area contributed by atoms with Crippen LogP contribution in [0, 0.1) is 26.7 Å². The smallest absolute Gasteiger partial charge is 0.227 e. The minimum Gasteiger partial charge on any atom is -0.325 e. The second-order valence-electron chi connectivity index (χ2n) is 7.14. The number of hydrogen-bond acceptors (Lipinski definition) is 2. The van der Waals surface area contributed by atoms with E-state index in [1.165, 1.54) is 11.3 Å². The SMILES string of the molecule is Cc1ccc2nc3c(n2c1)CC(C(=O)Nc1c(C)cccc1C)CC3. The maximum atomic E-state index is 12.9. The van der Waals surface area contributed by atoms with Gasteiger partial charge in [-0.15, -0.1) is 0 Å². The number of anilines is 1. The third-order valence-electron chi connectivity index (χ3n) is 5.22. The Morgan fingerprint density at radius 3 is 2.68 bits per heavy atom. The summed E-state index contributed by atoms with van der Waals surface area (Å²) in [5.74, 6) is 0.109. The zero-order valence-electron chi connectivity index (χ0n) is 15.0. The van der Waals surface area contributed by atoms with Gasteiger partial charge in [-0.1, -0.05) is 24.3 Å². The molecule has 2 heterocycles. The highest BCUT2D eigenvalue weighted by Gasteiger charge is 2.28. The average Bonchev–Trinajstić information content (AvgIpc) is 2.95. The Bertz CT molecular complexity index is 950. The van der Waals surface area contributed by atoms with Crippen molar-refractivity contribution in [3.05, 3.63) is 64.6 Å². The van der Waals surface area contributed by atoms with Crippen LogP contribution in [0.25, 0.3) is 5.65 Å². The van der Waals surface area contributed by atoms with Gasteiger partial charge in [0.15, 0.2) is 0 Å². The Hall–Kier alpha value is -2.62. The van der Waals surface area contributed by atoms with Crippen molar-refractivity contribution in [2.75, 3.05) is 5.32 Å². The molecule has 0 fully saturated rings. The standard InChI is InChI=1S/C21H23N3O/c1-13-7-10-19-22-17-9-8-16(11-18(17)24(19)12-13)21(25)23-20-14(2)5-4-6-15(20)3/h4-7,10,12,16H,8-9,11H2,1-3H3,(H,23,25). The van der Waals surface area contributed by atoms with E-state index in [9.17, 15) is 4.79 Å². The minimum atomic E-state index is -0.00748. The quantitative estimate of drug-likeness (QED) is 0.770. The predicted molar refractivity (Wildman–Crippen MR) is 100.0 cm³/mol. The topological polar surface area (TPSA) is 46.4 Å². The van der Waals surface area contributed by atoms with Crippen molar-refractivity contribution in [3.63, 3.8) is 0 Å². The molecular weight excluding hydrogens is 310 g/mol. The van der Waals surface area contributed by atoms with E-state index in [2.05, 4.69) is 35.0 Å². The van der Waals surface area contributed by atoms with Gasteiger partial charge in [-0.2, -0.15) is 0 Å². The first-order valence-electron chi connectivity index (χ1n) is 8.86. The molecule has 3 aromatic rings. The molecule has 1 amide bonds. The molecule has 25 heavy (non-hydrogen) atoms. The van der Waals surface area contributed by atoms with Crippen molar-refractivity contribution >= 4 is 17.2 Å². The summed E-state index contributed by atoms with van der Waals surface area (Å²) in [5, 5.41) is 3.16. The summed E-state index contributed by atoms with van der Waals surface area (Å²) >= 11 is 0. The number of amides is 1. The number of fused-ring (bicyclic) bond motifs is 3. The minimum absolute atomic E-state index is 0.00748. The van der Waals surface area contributed by atoms with E-state index in [1.54, 1.807) is 0 Å². The molecule has 1 aromatic carbocycles. The van der Waals surface area contributed by atoms with E-state index >= 15 is 0 Å². The first kappa shape index (κ1) is 15.9. The van der Waals surface area contributed by atoms with Gasteiger partial charge in [0, 0.05) is 29.9 Å². The van der Waals surface area contributed by atoms with Crippen molar-refractivity contribution in [1.82, 2.24) is 9.38 Å². The number of hydrogen-bond donors (Lipinski definition) is 1. The highest BCUT2D eigenvalue weighted by Crippen LogP contribution is 2.28. The number of rotatable bonds is 2. The van der Waals surface area contributed by atoms with Gasteiger partial charge in [0.05, 0.1) is 5.69 Å². The van der Waals surface area contributed by atoms with Gasteiger partial charge in [-0.25, -0.2) is 4.98 Å². The van der Waals surface area contributed by atoms with Crippen molar-refractivity contribution in [1.29, 1.82) is 0 Å². The number of carbonyl (C=O) groups excluding carboxylic acids is 1. The highest BCUT2D eigenvalue weighted by molar-refractivity contribution is 5.94. The van der Waals surface area contributed by atoms with Crippen LogP contribution in [0.15, 0.2) is 36.5 Å². The number of carbonyl (C=O) groups is 1. The van der Waals surface area contributed by atoms with Gasteiger partial charge in [0.2, 0.25) is 5.91 Å². The number of benzene rings is 1. The molecule has 0 aliphatic heterocycles. The molecule has 0 radical (unpaired) electrons. The number of para-hydroxylation sites is 1. The maximum absolute atomic E-state index is 12.9. The number of nitrogens with one attached hydrogen (secondary N) is 1. The number of aromatic nitrogens is 2. The number of pyridine rings is 1. The van der Waals surface area contributed by atoms with Crippen LogP contribution in [-0.4, -0.2) is 15.3 Å². The molecule has 4 heteroatoms. The first-order valence-corrected chi connectivity index (χ1v) is 8.86. The summed E-state index contributed by atoms with van der Waals surface area (Å²) in [6, 6.07) is 10.2. The van der Waals surface area contributed by atoms with E-state index in [1.807, 2.05) is 32.0 Å². The van der Waals surface area contributed by atoms with Crippen LogP contribution < -0.4 is 5.32 Å². The van der Waals surface area contributed by atoms with Crippen LogP contribution in [0.3, 0.4) is 0 Å². The summed E-state index contributed by atoms with van der Waals surface area (Å²) in [5.41, 5.74) is 7.67. The molecule has 4 rings (SSSR count). The van der Waals surface area contributed by atoms with Crippen molar-refractivity contribution in [2.24, 2.45) is 5.92 Å². The third kappa shape index (κ3) is 2.82. The molecular formula is C21H23N3O. The molecule has 1 aliphatic carbocycles.